The van der Waals surface area contributed by atoms with Crippen LogP contribution in [0.3, 0.4) is 0 Å². The smallest absolute Gasteiger partial charge is 0.265 e. The molecule has 0 radical (unpaired) electrons. The average molecular weight is 286 g/mol. The van der Waals surface area contributed by atoms with Gasteiger partial charge in [-0.25, -0.2) is 5.84 Å². The Bertz CT molecular complexity index is 641. The molecule has 0 spiro atoms. The fourth-order valence-electron chi connectivity index (χ4n) is 1.98. The Hall–Kier alpha value is -2.53. The molecule has 0 saturated carbocycles. The zero-order valence-corrected chi connectivity index (χ0v) is 12.1. The van der Waals surface area contributed by atoms with Gasteiger partial charge < -0.3 is 9.47 Å². The molecular weight excluding hydrogens is 268 g/mol. The molecule has 2 aromatic rings. The molecule has 21 heavy (non-hydrogen) atoms. The van der Waals surface area contributed by atoms with E-state index in [4.69, 9.17) is 15.3 Å². The van der Waals surface area contributed by atoms with Crippen molar-refractivity contribution >= 4 is 5.91 Å². The van der Waals surface area contributed by atoms with E-state index in [1.165, 1.54) is 0 Å². The molecule has 2 rings (SSSR count). The minimum absolute atomic E-state index is 0.304. The van der Waals surface area contributed by atoms with Crippen LogP contribution in [0.15, 0.2) is 42.5 Å². The fraction of sp³-hybridized carbons (Fsp3) is 0.188. The first-order valence-electron chi connectivity index (χ1n) is 6.51. The minimum Gasteiger partial charge on any atom is -0.496 e. The molecule has 2 aromatic carbocycles. The van der Waals surface area contributed by atoms with Gasteiger partial charge in [-0.2, -0.15) is 0 Å². The van der Waals surface area contributed by atoms with Crippen molar-refractivity contribution < 1.29 is 14.3 Å². The largest absolute Gasteiger partial charge is 0.496 e. The number of carbonyl (C=O) groups is 1. The molecule has 110 valence electrons. The fourth-order valence-corrected chi connectivity index (χ4v) is 1.98. The molecule has 0 saturated heterocycles. The molecule has 3 N–H and O–H groups in total. The number of benzene rings is 2. The van der Waals surface area contributed by atoms with Gasteiger partial charge in [0.05, 0.1) is 7.11 Å². The number of carbonyl (C=O) groups excluding carboxylic acids is 1. The third-order valence-corrected chi connectivity index (χ3v) is 3.06. The number of hydrogen-bond acceptors (Lipinski definition) is 4. The number of rotatable bonds is 5. The van der Waals surface area contributed by atoms with E-state index in [1.54, 1.807) is 25.3 Å². The van der Waals surface area contributed by atoms with Gasteiger partial charge in [0.2, 0.25) is 0 Å². The monoisotopic (exact) mass is 286 g/mol. The van der Waals surface area contributed by atoms with E-state index in [-0.39, 0.29) is 5.91 Å². The molecule has 0 aliphatic rings. The molecule has 0 aliphatic carbocycles. The molecule has 0 aliphatic heterocycles. The number of hydrogen-bond donors (Lipinski definition) is 2. The minimum atomic E-state index is -0.352. The van der Waals surface area contributed by atoms with Crippen LogP contribution >= 0.6 is 0 Å². The third-order valence-electron chi connectivity index (χ3n) is 3.06. The van der Waals surface area contributed by atoms with Gasteiger partial charge in [0.1, 0.15) is 18.1 Å². The van der Waals surface area contributed by atoms with Crippen molar-refractivity contribution in [3.63, 3.8) is 0 Å². The van der Waals surface area contributed by atoms with Crippen LogP contribution in [0.25, 0.3) is 0 Å². The molecule has 0 bridgehead atoms. The van der Waals surface area contributed by atoms with Crippen LogP contribution in [0.2, 0.25) is 0 Å². The van der Waals surface area contributed by atoms with Gasteiger partial charge in [-0.1, -0.05) is 12.1 Å². The van der Waals surface area contributed by atoms with E-state index >= 15 is 0 Å². The van der Waals surface area contributed by atoms with Gasteiger partial charge in [-0.15, -0.1) is 0 Å². The summed E-state index contributed by atoms with van der Waals surface area (Å²) in [6, 6.07) is 12.8. The van der Waals surface area contributed by atoms with Crippen LogP contribution in [-0.2, 0) is 6.61 Å². The lowest BCUT2D eigenvalue weighted by atomic mass is 10.1. The second-order valence-electron chi connectivity index (χ2n) is 4.61. The van der Waals surface area contributed by atoms with Gasteiger partial charge in [0, 0.05) is 11.1 Å². The Labute approximate surface area is 123 Å². The summed E-state index contributed by atoms with van der Waals surface area (Å²) in [4.78, 5) is 11.6. The highest BCUT2D eigenvalue weighted by Gasteiger charge is 2.10. The van der Waals surface area contributed by atoms with Gasteiger partial charge in [0.25, 0.3) is 5.91 Å². The first-order chi connectivity index (χ1) is 10.1. The summed E-state index contributed by atoms with van der Waals surface area (Å²) in [6.45, 7) is 2.30. The standard InChI is InChI=1S/C16H18N2O3/c1-11-4-3-5-14(8-11)21-10-13-9-12(16(19)18-17)6-7-15(13)20-2/h3-9H,10,17H2,1-2H3,(H,18,19). The number of nitrogens with two attached hydrogens (primary N) is 1. The predicted octanol–water partition coefficient (Wildman–Crippen LogP) is 2.19. The maximum atomic E-state index is 11.6. The number of nitrogens with one attached hydrogen (secondary N) is 1. The molecule has 0 heterocycles. The first kappa shape index (κ1) is 14.9. The van der Waals surface area contributed by atoms with E-state index in [1.807, 2.05) is 31.2 Å². The summed E-state index contributed by atoms with van der Waals surface area (Å²) in [5.41, 5.74) is 4.46. The summed E-state index contributed by atoms with van der Waals surface area (Å²) in [7, 11) is 1.58. The average Bonchev–Trinajstić information content (AvgIpc) is 2.52. The van der Waals surface area contributed by atoms with Gasteiger partial charge >= 0.3 is 0 Å². The van der Waals surface area contributed by atoms with Crippen LogP contribution in [-0.4, -0.2) is 13.0 Å². The summed E-state index contributed by atoms with van der Waals surface area (Å²) in [6.07, 6.45) is 0. The van der Waals surface area contributed by atoms with Crippen LogP contribution in [0.5, 0.6) is 11.5 Å². The number of nitrogen functional groups attached to an aromatic ring is 1. The summed E-state index contributed by atoms with van der Waals surface area (Å²) in [5, 5.41) is 0. The zero-order chi connectivity index (χ0) is 15.2. The van der Waals surface area contributed by atoms with Crippen molar-refractivity contribution in [1.82, 2.24) is 5.43 Å². The highest BCUT2D eigenvalue weighted by Crippen LogP contribution is 2.22. The topological polar surface area (TPSA) is 73.6 Å². The number of ether oxygens (including phenoxy) is 2. The maximum Gasteiger partial charge on any atom is 0.265 e. The number of hydrazine groups is 1. The third kappa shape index (κ3) is 3.73. The molecule has 5 heteroatoms. The van der Waals surface area contributed by atoms with Gasteiger partial charge in [-0.3, -0.25) is 10.2 Å². The number of amides is 1. The normalized spacial score (nSPS) is 10.0. The van der Waals surface area contributed by atoms with Crippen molar-refractivity contribution in [2.24, 2.45) is 5.84 Å². The van der Waals surface area contributed by atoms with Gasteiger partial charge in [-0.05, 0) is 42.8 Å². The van der Waals surface area contributed by atoms with Crippen molar-refractivity contribution in [3.05, 3.63) is 59.2 Å². The lowest BCUT2D eigenvalue weighted by Crippen LogP contribution is -2.30. The molecule has 0 fully saturated rings. The van der Waals surface area contributed by atoms with Crippen LogP contribution < -0.4 is 20.7 Å². The maximum absolute atomic E-state index is 11.6. The van der Waals surface area contributed by atoms with E-state index in [0.29, 0.717) is 17.9 Å². The Morgan fingerprint density at radius 2 is 2.05 bits per heavy atom. The molecule has 0 atom stereocenters. The summed E-state index contributed by atoms with van der Waals surface area (Å²) >= 11 is 0. The molecule has 0 unspecified atom stereocenters. The highest BCUT2D eigenvalue weighted by atomic mass is 16.5. The lowest BCUT2D eigenvalue weighted by molar-refractivity contribution is 0.0953. The van der Waals surface area contributed by atoms with E-state index in [0.717, 1.165) is 16.9 Å². The van der Waals surface area contributed by atoms with Crippen molar-refractivity contribution in [1.29, 1.82) is 0 Å². The van der Waals surface area contributed by atoms with Crippen molar-refractivity contribution in [2.45, 2.75) is 13.5 Å². The zero-order valence-electron chi connectivity index (χ0n) is 12.1. The second kappa shape index (κ2) is 6.76. The Balaban J connectivity index is 2.19. The first-order valence-corrected chi connectivity index (χ1v) is 6.51. The van der Waals surface area contributed by atoms with Crippen molar-refractivity contribution in [3.8, 4) is 11.5 Å². The SMILES string of the molecule is COc1ccc(C(=O)NN)cc1COc1cccc(C)c1. The van der Waals surface area contributed by atoms with Gasteiger partial charge in [0.15, 0.2) is 0 Å². The Kier molecular flexibility index (Phi) is 4.79. The van der Waals surface area contributed by atoms with E-state index in [2.05, 4.69) is 5.43 Å². The molecule has 5 nitrogen and oxygen atoms in total. The highest BCUT2D eigenvalue weighted by molar-refractivity contribution is 5.94. The molecule has 0 aromatic heterocycles. The quantitative estimate of drug-likeness (QED) is 0.502. The molecular formula is C16H18N2O3. The van der Waals surface area contributed by atoms with Crippen LogP contribution in [0, 0.1) is 6.92 Å². The summed E-state index contributed by atoms with van der Waals surface area (Å²) in [5.74, 6) is 6.22. The summed E-state index contributed by atoms with van der Waals surface area (Å²) < 4.78 is 11.0. The van der Waals surface area contributed by atoms with E-state index < -0.39 is 0 Å². The number of aryl methyl sites for hydroxylation is 1. The second-order valence-corrected chi connectivity index (χ2v) is 4.61. The van der Waals surface area contributed by atoms with E-state index in [9.17, 15) is 4.79 Å². The van der Waals surface area contributed by atoms with Crippen LogP contribution in [0.4, 0.5) is 0 Å². The van der Waals surface area contributed by atoms with Crippen LogP contribution in [0.1, 0.15) is 21.5 Å². The van der Waals surface area contributed by atoms with Crippen molar-refractivity contribution in [2.75, 3.05) is 7.11 Å². The Morgan fingerprint density at radius 1 is 1.24 bits per heavy atom. The predicted molar refractivity (Wildman–Crippen MR) is 80.2 cm³/mol. The lowest BCUT2D eigenvalue weighted by Gasteiger charge is -2.12. The molecule has 1 amide bonds. The Morgan fingerprint density at radius 3 is 2.71 bits per heavy atom. The number of methoxy groups -OCH3 is 1.